The largest absolute Gasteiger partial charge is 0.477 e. The van der Waals surface area contributed by atoms with Gasteiger partial charge in [0.15, 0.2) is 11.6 Å². The molecule has 2 aromatic rings. The third-order valence-corrected chi connectivity index (χ3v) is 2.90. The summed E-state index contributed by atoms with van der Waals surface area (Å²) in [6.45, 7) is 0.937. The van der Waals surface area contributed by atoms with E-state index in [1.165, 1.54) is 0 Å². The average molecular weight is 289 g/mol. The van der Waals surface area contributed by atoms with E-state index in [4.69, 9.17) is 5.11 Å². The van der Waals surface area contributed by atoms with Crippen molar-refractivity contribution in [2.75, 3.05) is 0 Å². The first kappa shape index (κ1) is 14.0. The molecule has 0 unspecified atom stereocenters. The number of nitrogens with one attached hydrogen (secondary N) is 1. The van der Waals surface area contributed by atoms with Crippen molar-refractivity contribution in [2.24, 2.45) is 0 Å². The molecule has 106 valence electrons. The maximum Gasteiger partial charge on any atom is 0.379 e. The number of alkyl halides is 2. The van der Waals surface area contributed by atoms with Crippen molar-refractivity contribution in [2.45, 2.75) is 12.8 Å². The van der Waals surface area contributed by atoms with Gasteiger partial charge in [-0.1, -0.05) is 0 Å². The van der Waals surface area contributed by atoms with Crippen LogP contribution in [0.25, 0.3) is 10.9 Å². The third kappa shape index (κ3) is 1.84. The molecule has 0 amide bonds. The Morgan fingerprint density at radius 1 is 1.30 bits per heavy atom. The summed E-state index contributed by atoms with van der Waals surface area (Å²) < 4.78 is 53.9. The Morgan fingerprint density at radius 3 is 2.45 bits per heavy atom. The van der Waals surface area contributed by atoms with Gasteiger partial charge in [-0.3, -0.25) is 4.79 Å². The SMILES string of the molecule is Cc1c(C(F)(F)C(=O)O)c(=O)[nH]c2ccc(F)c(F)c12. The second kappa shape index (κ2) is 4.32. The number of rotatable bonds is 2. The molecule has 2 rings (SSSR count). The van der Waals surface area contributed by atoms with Gasteiger partial charge >= 0.3 is 11.9 Å². The molecule has 0 saturated carbocycles. The van der Waals surface area contributed by atoms with E-state index in [1.54, 1.807) is 0 Å². The number of aliphatic carboxylic acids is 1. The van der Waals surface area contributed by atoms with Gasteiger partial charge in [0, 0.05) is 5.39 Å². The predicted octanol–water partition coefficient (Wildman–Crippen LogP) is 2.29. The Balaban J connectivity index is 2.99. The molecule has 8 heteroatoms. The van der Waals surface area contributed by atoms with E-state index in [0.29, 0.717) is 0 Å². The van der Waals surface area contributed by atoms with Gasteiger partial charge in [-0.25, -0.2) is 13.6 Å². The van der Waals surface area contributed by atoms with E-state index < -0.39 is 45.6 Å². The van der Waals surface area contributed by atoms with Crippen molar-refractivity contribution in [3.05, 3.63) is 45.2 Å². The van der Waals surface area contributed by atoms with Gasteiger partial charge in [0.05, 0.1) is 5.52 Å². The van der Waals surface area contributed by atoms with Gasteiger partial charge in [-0.05, 0) is 24.6 Å². The number of fused-ring (bicyclic) bond motifs is 1. The number of hydrogen-bond donors (Lipinski definition) is 2. The molecule has 1 aromatic heterocycles. The standard InChI is InChI=1S/C12H7F4NO3/c1-4-7-6(3-2-5(13)9(7)14)17-10(18)8(4)12(15,16)11(19)20/h2-3H,1H3,(H,17,18)(H,19,20). The van der Waals surface area contributed by atoms with E-state index in [9.17, 15) is 27.2 Å². The molecular formula is C12H7F4NO3. The zero-order chi connectivity index (χ0) is 15.2. The first-order valence-electron chi connectivity index (χ1n) is 5.30. The van der Waals surface area contributed by atoms with Gasteiger partial charge in [-0.15, -0.1) is 0 Å². The van der Waals surface area contributed by atoms with Gasteiger partial charge in [0.25, 0.3) is 5.56 Å². The Hall–Kier alpha value is -2.38. The average Bonchev–Trinajstić information content (AvgIpc) is 2.33. The zero-order valence-electron chi connectivity index (χ0n) is 9.93. The van der Waals surface area contributed by atoms with Crippen molar-refractivity contribution >= 4 is 16.9 Å². The molecule has 0 saturated heterocycles. The second-order valence-electron chi connectivity index (χ2n) is 4.12. The van der Waals surface area contributed by atoms with Gasteiger partial charge in [-0.2, -0.15) is 8.78 Å². The fourth-order valence-electron chi connectivity index (χ4n) is 1.99. The molecular weight excluding hydrogens is 282 g/mol. The van der Waals surface area contributed by atoms with Crippen molar-refractivity contribution < 1.29 is 27.5 Å². The molecule has 0 fully saturated rings. The fourth-order valence-corrected chi connectivity index (χ4v) is 1.99. The summed E-state index contributed by atoms with van der Waals surface area (Å²) in [6, 6.07) is 1.73. The minimum absolute atomic E-state index is 0.198. The lowest BCUT2D eigenvalue weighted by atomic mass is 9.99. The normalized spacial score (nSPS) is 11.8. The minimum atomic E-state index is -4.51. The molecule has 0 aliphatic carbocycles. The molecule has 0 radical (unpaired) electrons. The Labute approximate surface area is 108 Å². The smallest absolute Gasteiger partial charge is 0.379 e. The molecule has 0 aliphatic rings. The van der Waals surface area contributed by atoms with Gasteiger partial charge in [0.2, 0.25) is 0 Å². The number of aromatic nitrogens is 1. The highest BCUT2D eigenvalue weighted by Crippen LogP contribution is 2.32. The van der Waals surface area contributed by atoms with E-state index in [-0.39, 0.29) is 5.52 Å². The van der Waals surface area contributed by atoms with Crippen LogP contribution in [0.15, 0.2) is 16.9 Å². The lowest BCUT2D eigenvalue weighted by Gasteiger charge is -2.15. The Morgan fingerprint density at radius 2 is 1.90 bits per heavy atom. The van der Waals surface area contributed by atoms with E-state index >= 15 is 0 Å². The van der Waals surface area contributed by atoms with Gasteiger partial charge in [0.1, 0.15) is 5.56 Å². The van der Waals surface area contributed by atoms with Crippen LogP contribution in [0.4, 0.5) is 17.6 Å². The number of aryl methyl sites for hydroxylation is 1. The number of aromatic amines is 1. The van der Waals surface area contributed by atoms with E-state index in [0.717, 1.165) is 19.1 Å². The molecule has 4 nitrogen and oxygen atoms in total. The summed E-state index contributed by atoms with van der Waals surface area (Å²) in [5, 5.41) is 7.89. The van der Waals surface area contributed by atoms with Crippen LogP contribution in [0.3, 0.4) is 0 Å². The second-order valence-corrected chi connectivity index (χ2v) is 4.12. The van der Waals surface area contributed by atoms with Crippen molar-refractivity contribution in [3.63, 3.8) is 0 Å². The predicted molar refractivity (Wildman–Crippen MR) is 60.8 cm³/mol. The van der Waals surface area contributed by atoms with E-state index in [1.807, 2.05) is 4.98 Å². The maximum atomic E-state index is 13.7. The topological polar surface area (TPSA) is 70.2 Å². The number of hydrogen-bond acceptors (Lipinski definition) is 2. The Bertz CT molecular complexity index is 782. The number of halogens is 4. The van der Waals surface area contributed by atoms with Crippen LogP contribution in [-0.4, -0.2) is 16.1 Å². The highest BCUT2D eigenvalue weighted by atomic mass is 19.3. The number of carboxylic acids is 1. The molecule has 20 heavy (non-hydrogen) atoms. The van der Waals surface area contributed by atoms with Crippen LogP contribution in [-0.2, 0) is 10.7 Å². The highest BCUT2D eigenvalue weighted by Gasteiger charge is 2.45. The monoisotopic (exact) mass is 289 g/mol. The maximum absolute atomic E-state index is 13.7. The molecule has 1 heterocycles. The van der Waals surface area contributed by atoms with Gasteiger partial charge < -0.3 is 10.1 Å². The Kier molecular flexibility index (Phi) is 3.04. The molecule has 0 bridgehead atoms. The van der Waals surface area contributed by atoms with E-state index in [2.05, 4.69) is 0 Å². The summed E-state index contributed by atoms with van der Waals surface area (Å²) in [5.74, 6) is -9.79. The first-order valence-corrected chi connectivity index (χ1v) is 5.30. The molecule has 1 aromatic carbocycles. The number of benzene rings is 1. The van der Waals surface area contributed by atoms with Crippen LogP contribution in [0.5, 0.6) is 0 Å². The van der Waals surface area contributed by atoms with Crippen molar-refractivity contribution in [1.82, 2.24) is 4.98 Å². The summed E-state index contributed by atoms with van der Waals surface area (Å²) in [7, 11) is 0. The van der Waals surface area contributed by atoms with Crippen LogP contribution in [0, 0.1) is 18.6 Å². The first-order chi connectivity index (χ1) is 9.17. The lowest BCUT2D eigenvalue weighted by Crippen LogP contribution is -2.33. The lowest BCUT2D eigenvalue weighted by molar-refractivity contribution is -0.166. The third-order valence-electron chi connectivity index (χ3n) is 2.90. The zero-order valence-corrected chi connectivity index (χ0v) is 9.93. The van der Waals surface area contributed by atoms with Crippen LogP contribution >= 0.6 is 0 Å². The molecule has 0 aliphatic heterocycles. The summed E-state index contributed by atoms with van der Waals surface area (Å²) in [4.78, 5) is 24.1. The number of pyridine rings is 1. The van der Waals surface area contributed by atoms with Crippen molar-refractivity contribution in [3.8, 4) is 0 Å². The van der Waals surface area contributed by atoms with Crippen LogP contribution < -0.4 is 5.56 Å². The number of carbonyl (C=O) groups is 1. The molecule has 0 atom stereocenters. The minimum Gasteiger partial charge on any atom is -0.477 e. The quantitative estimate of drug-likeness (QED) is 0.833. The molecule has 0 spiro atoms. The van der Waals surface area contributed by atoms with Crippen LogP contribution in [0.1, 0.15) is 11.1 Å². The van der Waals surface area contributed by atoms with Crippen molar-refractivity contribution in [1.29, 1.82) is 0 Å². The fraction of sp³-hybridized carbons (Fsp3) is 0.167. The number of carboxylic acid groups (broad SMARTS) is 1. The summed E-state index contributed by atoms with van der Waals surface area (Å²) in [6.07, 6.45) is 0. The van der Waals surface area contributed by atoms with Crippen LogP contribution in [0.2, 0.25) is 0 Å². The summed E-state index contributed by atoms with van der Waals surface area (Å²) in [5.41, 5.74) is -3.60. The summed E-state index contributed by atoms with van der Waals surface area (Å²) >= 11 is 0. The highest BCUT2D eigenvalue weighted by molar-refractivity contribution is 5.86. The number of H-pyrrole nitrogens is 1. The molecule has 2 N–H and O–H groups in total.